The minimum Gasteiger partial charge on any atom is -0.318 e. The standard InChI is InChI=1S/C12H12BrNO2S/c1-6(2)5-17-10-4-9-7(3-8(10)13)11(15)12(16)14-9/h3-4,6H,5H2,1-2H3,(H,14,15,16). The van der Waals surface area contributed by atoms with Crippen molar-refractivity contribution in [2.24, 2.45) is 5.92 Å². The summed E-state index contributed by atoms with van der Waals surface area (Å²) < 4.78 is 0.867. The lowest BCUT2D eigenvalue weighted by molar-refractivity contribution is -0.112. The van der Waals surface area contributed by atoms with Crippen LogP contribution in [-0.2, 0) is 4.79 Å². The van der Waals surface area contributed by atoms with Crippen molar-refractivity contribution in [2.75, 3.05) is 11.1 Å². The molecule has 5 heteroatoms. The Bertz CT molecular complexity index is 500. The number of Topliss-reactive ketones (excluding diaryl/α,β-unsaturated/α-hetero) is 1. The molecule has 0 unspecified atom stereocenters. The number of hydrogen-bond donors (Lipinski definition) is 1. The molecule has 1 heterocycles. The molecule has 0 fully saturated rings. The first-order chi connectivity index (χ1) is 7.99. The molecule has 1 amide bonds. The number of fused-ring (bicyclic) bond motifs is 1. The maximum Gasteiger partial charge on any atom is 0.296 e. The molecule has 90 valence electrons. The highest BCUT2D eigenvalue weighted by Crippen LogP contribution is 2.36. The Balaban J connectivity index is 2.30. The third-order valence-corrected chi connectivity index (χ3v) is 4.74. The molecule has 0 spiro atoms. The fourth-order valence-corrected chi connectivity index (χ4v) is 3.11. The molecule has 1 aliphatic rings. The molecule has 0 bridgehead atoms. The number of amides is 1. The molecule has 1 aliphatic heterocycles. The summed E-state index contributed by atoms with van der Waals surface area (Å²) >= 11 is 5.15. The van der Waals surface area contributed by atoms with Crippen LogP contribution in [0.3, 0.4) is 0 Å². The number of nitrogens with one attached hydrogen (secondary N) is 1. The van der Waals surface area contributed by atoms with Crippen molar-refractivity contribution >= 4 is 45.1 Å². The predicted octanol–water partition coefficient (Wildman–Crippen LogP) is 3.33. The van der Waals surface area contributed by atoms with E-state index in [4.69, 9.17) is 0 Å². The molecule has 0 saturated carbocycles. The Kier molecular flexibility index (Phi) is 3.58. The second kappa shape index (κ2) is 4.82. The Labute approximate surface area is 112 Å². The predicted molar refractivity (Wildman–Crippen MR) is 72.7 cm³/mol. The fraction of sp³-hybridized carbons (Fsp3) is 0.333. The zero-order chi connectivity index (χ0) is 12.6. The number of benzene rings is 1. The van der Waals surface area contributed by atoms with Gasteiger partial charge in [0, 0.05) is 15.1 Å². The molecule has 0 atom stereocenters. The van der Waals surface area contributed by atoms with Crippen molar-refractivity contribution in [1.29, 1.82) is 0 Å². The van der Waals surface area contributed by atoms with Crippen molar-refractivity contribution in [3.05, 3.63) is 22.2 Å². The third-order valence-electron chi connectivity index (χ3n) is 2.34. The van der Waals surface area contributed by atoms with Gasteiger partial charge in [-0.05, 0) is 34.0 Å². The number of anilines is 1. The van der Waals surface area contributed by atoms with Gasteiger partial charge in [-0.15, -0.1) is 11.8 Å². The van der Waals surface area contributed by atoms with Gasteiger partial charge in [-0.25, -0.2) is 0 Å². The highest BCUT2D eigenvalue weighted by molar-refractivity contribution is 9.10. The van der Waals surface area contributed by atoms with Crippen LogP contribution in [0, 0.1) is 5.92 Å². The number of hydrogen-bond acceptors (Lipinski definition) is 3. The van der Waals surface area contributed by atoms with E-state index in [0.717, 1.165) is 15.1 Å². The van der Waals surface area contributed by atoms with Crippen LogP contribution in [0.1, 0.15) is 24.2 Å². The Morgan fingerprint density at radius 1 is 1.35 bits per heavy atom. The Morgan fingerprint density at radius 3 is 2.71 bits per heavy atom. The first kappa shape index (κ1) is 12.6. The zero-order valence-electron chi connectivity index (χ0n) is 9.54. The van der Waals surface area contributed by atoms with Gasteiger partial charge in [0.05, 0.1) is 11.3 Å². The van der Waals surface area contributed by atoms with Gasteiger partial charge < -0.3 is 5.32 Å². The van der Waals surface area contributed by atoms with Crippen LogP contribution >= 0.6 is 27.7 Å². The van der Waals surface area contributed by atoms with E-state index in [1.807, 2.05) is 6.07 Å². The summed E-state index contributed by atoms with van der Waals surface area (Å²) in [7, 11) is 0. The van der Waals surface area contributed by atoms with E-state index >= 15 is 0 Å². The topological polar surface area (TPSA) is 46.2 Å². The van der Waals surface area contributed by atoms with E-state index < -0.39 is 11.7 Å². The van der Waals surface area contributed by atoms with Gasteiger partial charge in [-0.3, -0.25) is 9.59 Å². The van der Waals surface area contributed by atoms with Gasteiger partial charge in [0.2, 0.25) is 0 Å². The monoisotopic (exact) mass is 313 g/mol. The summed E-state index contributed by atoms with van der Waals surface area (Å²) in [6.45, 7) is 4.30. The maximum atomic E-state index is 11.5. The third kappa shape index (κ3) is 2.55. The lowest BCUT2D eigenvalue weighted by Crippen LogP contribution is -2.12. The van der Waals surface area contributed by atoms with Crippen molar-refractivity contribution in [2.45, 2.75) is 18.7 Å². The van der Waals surface area contributed by atoms with Crippen LogP contribution in [0.5, 0.6) is 0 Å². The van der Waals surface area contributed by atoms with Gasteiger partial charge in [-0.1, -0.05) is 13.8 Å². The van der Waals surface area contributed by atoms with Crippen LogP contribution < -0.4 is 5.32 Å². The van der Waals surface area contributed by atoms with Gasteiger partial charge in [0.25, 0.3) is 11.7 Å². The fourth-order valence-electron chi connectivity index (χ4n) is 1.51. The molecule has 0 radical (unpaired) electrons. The summed E-state index contributed by atoms with van der Waals surface area (Å²) in [5.74, 6) is 0.592. The molecule has 1 aromatic rings. The summed E-state index contributed by atoms with van der Waals surface area (Å²) in [5.41, 5.74) is 1.07. The zero-order valence-corrected chi connectivity index (χ0v) is 11.9. The number of halogens is 1. The molecule has 2 rings (SSSR count). The summed E-state index contributed by atoms with van der Waals surface area (Å²) in [5, 5.41) is 2.58. The number of ketones is 1. The minimum absolute atomic E-state index is 0.454. The lowest BCUT2D eigenvalue weighted by atomic mass is 10.1. The second-order valence-electron chi connectivity index (χ2n) is 4.32. The molecular formula is C12H12BrNO2S. The van der Waals surface area contributed by atoms with Crippen LogP contribution in [-0.4, -0.2) is 17.4 Å². The van der Waals surface area contributed by atoms with Gasteiger partial charge >= 0.3 is 0 Å². The molecule has 0 saturated heterocycles. The van der Waals surface area contributed by atoms with Gasteiger partial charge in [0.15, 0.2) is 0 Å². The van der Waals surface area contributed by atoms with Crippen molar-refractivity contribution in [1.82, 2.24) is 0 Å². The van der Waals surface area contributed by atoms with Gasteiger partial charge in [0.1, 0.15) is 0 Å². The van der Waals surface area contributed by atoms with E-state index in [1.54, 1.807) is 17.8 Å². The van der Waals surface area contributed by atoms with Crippen molar-refractivity contribution in [3.8, 4) is 0 Å². The molecule has 1 N–H and O–H groups in total. The molecular weight excluding hydrogens is 302 g/mol. The van der Waals surface area contributed by atoms with Crippen LogP contribution in [0.15, 0.2) is 21.5 Å². The number of carbonyl (C=O) groups excluding carboxylic acids is 2. The largest absolute Gasteiger partial charge is 0.318 e. The number of carbonyl (C=O) groups is 2. The molecule has 0 aliphatic carbocycles. The van der Waals surface area contributed by atoms with Crippen molar-refractivity contribution in [3.63, 3.8) is 0 Å². The summed E-state index contributed by atoms with van der Waals surface area (Å²) in [6, 6.07) is 3.58. The normalized spacial score (nSPS) is 14.1. The highest BCUT2D eigenvalue weighted by atomic mass is 79.9. The van der Waals surface area contributed by atoms with E-state index in [1.165, 1.54) is 0 Å². The molecule has 1 aromatic carbocycles. The number of rotatable bonds is 3. The average Bonchev–Trinajstić information content (AvgIpc) is 2.52. The van der Waals surface area contributed by atoms with E-state index in [2.05, 4.69) is 35.1 Å². The smallest absolute Gasteiger partial charge is 0.296 e. The van der Waals surface area contributed by atoms with E-state index in [0.29, 0.717) is 17.2 Å². The summed E-state index contributed by atoms with van der Waals surface area (Å²) in [4.78, 5) is 23.8. The quantitative estimate of drug-likeness (QED) is 0.687. The van der Waals surface area contributed by atoms with E-state index in [-0.39, 0.29) is 0 Å². The highest BCUT2D eigenvalue weighted by Gasteiger charge is 2.28. The van der Waals surface area contributed by atoms with E-state index in [9.17, 15) is 9.59 Å². The first-order valence-corrected chi connectivity index (χ1v) is 7.09. The minimum atomic E-state index is -0.544. The SMILES string of the molecule is CC(C)CSc1cc2c(cc1Br)C(=O)C(=O)N2. The lowest BCUT2D eigenvalue weighted by Gasteiger charge is -2.08. The maximum absolute atomic E-state index is 11.5. The Morgan fingerprint density at radius 2 is 2.06 bits per heavy atom. The number of thioether (sulfide) groups is 1. The van der Waals surface area contributed by atoms with Gasteiger partial charge in [-0.2, -0.15) is 0 Å². The Hall–Kier alpha value is -0.810. The van der Waals surface area contributed by atoms with Crippen LogP contribution in [0.2, 0.25) is 0 Å². The van der Waals surface area contributed by atoms with Crippen molar-refractivity contribution < 1.29 is 9.59 Å². The molecule has 0 aromatic heterocycles. The molecule has 17 heavy (non-hydrogen) atoms. The molecule has 3 nitrogen and oxygen atoms in total. The van der Waals surface area contributed by atoms with Crippen LogP contribution in [0.25, 0.3) is 0 Å². The van der Waals surface area contributed by atoms with Crippen LogP contribution in [0.4, 0.5) is 5.69 Å². The summed E-state index contributed by atoms with van der Waals surface area (Å²) in [6.07, 6.45) is 0. The average molecular weight is 314 g/mol. The second-order valence-corrected chi connectivity index (χ2v) is 6.23. The first-order valence-electron chi connectivity index (χ1n) is 5.31.